The highest BCUT2D eigenvalue weighted by molar-refractivity contribution is 5.47. The average Bonchev–Trinajstić information content (AvgIpc) is 2.72. The zero-order chi connectivity index (χ0) is 11.8. The normalized spacial score (nSPS) is 12.1. The summed E-state index contributed by atoms with van der Waals surface area (Å²) < 4.78 is 10.6. The number of furan rings is 1. The maximum absolute atomic E-state index is 5.60. The average molecular weight is 223 g/mol. The first kappa shape index (κ1) is 13.0. The molecule has 0 aliphatic carbocycles. The first-order valence-electron chi connectivity index (χ1n) is 5.71. The highest BCUT2D eigenvalue weighted by Gasteiger charge is 1.97. The van der Waals surface area contributed by atoms with E-state index in [0.717, 1.165) is 37.6 Å². The molecule has 1 rings (SSSR count). The molecule has 0 aromatic carbocycles. The molecule has 0 fully saturated rings. The molecule has 0 amide bonds. The van der Waals surface area contributed by atoms with Crippen LogP contribution in [0.5, 0.6) is 0 Å². The van der Waals surface area contributed by atoms with Crippen LogP contribution in [-0.4, -0.2) is 26.8 Å². The highest BCUT2D eigenvalue weighted by Crippen LogP contribution is 2.11. The maximum Gasteiger partial charge on any atom is 0.127 e. The summed E-state index contributed by atoms with van der Waals surface area (Å²) in [4.78, 5) is 0. The molecule has 1 aromatic heterocycles. The van der Waals surface area contributed by atoms with Gasteiger partial charge in [-0.05, 0) is 25.1 Å². The second-order valence-electron chi connectivity index (χ2n) is 3.82. The van der Waals surface area contributed by atoms with Crippen LogP contribution in [0.2, 0.25) is 0 Å². The Morgan fingerprint density at radius 1 is 1.50 bits per heavy atom. The van der Waals surface area contributed by atoms with Gasteiger partial charge in [0.25, 0.3) is 0 Å². The van der Waals surface area contributed by atoms with E-state index in [4.69, 9.17) is 9.15 Å². The van der Waals surface area contributed by atoms with Crippen molar-refractivity contribution in [2.24, 2.45) is 0 Å². The molecule has 3 heteroatoms. The summed E-state index contributed by atoms with van der Waals surface area (Å²) in [7, 11) is 1.71. The number of nitrogens with one attached hydrogen (secondary N) is 1. The van der Waals surface area contributed by atoms with Crippen LogP contribution in [0.25, 0.3) is 6.08 Å². The number of ether oxygens (including phenoxy) is 1. The summed E-state index contributed by atoms with van der Waals surface area (Å²) in [6.07, 6.45) is 3.01. The van der Waals surface area contributed by atoms with Crippen molar-refractivity contribution >= 4 is 6.08 Å². The number of hydrogen-bond donors (Lipinski definition) is 1. The molecule has 1 N–H and O–H groups in total. The molecule has 16 heavy (non-hydrogen) atoms. The molecular weight excluding hydrogens is 202 g/mol. The van der Waals surface area contributed by atoms with E-state index in [1.165, 1.54) is 5.57 Å². The van der Waals surface area contributed by atoms with Gasteiger partial charge in [-0.2, -0.15) is 0 Å². The molecule has 0 bridgehead atoms. The number of methoxy groups -OCH3 is 1. The number of rotatable bonds is 7. The summed E-state index contributed by atoms with van der Waals surface area (Å²) >= 11 is 0. The van der Waals surface area contributed by atoms with Gasteiger partial charge in [-0.1, -0.05) is 12.5 Å². The predicted octanol–water partition coefficient (Wildman–Crippen LogP) is 2.48. The van der Waals surface area contributed by atoms with Gasteiger partial charge in [-0.15, -0.1) is 0 Å². The fourth-order valence-electron chi connectivity index (χ4n) is 1.42. The third kappa shape index (κ3) is 4.64. The first-order valence-corrected chi connectivity index (χ1v) is 5.71. The Hall–Kier alpha value is -1.06. The van der Waals surface area contributed by atoms with Crippen LogP contribution < -0.4 is 5.32 Å². The monoisotopic (exact) mass is 223 g/mol. The van der Waals surface area contributed by atoms with Gasteiger partial charge < -0.3 is 14.5 Å². The molecule has 1 heterocycles. The standard InChI is InChI=1S/C13H21NO2/c1-4-12-5-6-13(16-12)9-11(2)10-14-7-8-15-3/h5-6,9,14H,4,7-8,10H2,1-3H3. The van der Waals surface area contributed by atoms with Crippen LogP contribution in [-0.2, 0) is 11.2 Å². The van der Waals surface area contributed by atoms with Crippen molar-refractivity contribution in [3.8, 4) is 0 Å². The SMILES string of the molecule is CCc1ccc(C=C(C)CNCCOC)o1. The Morgan fingerprint density at radius 3 is 2.94 bits per heavy atom. The van der Waals surface area contributed by atoms with Crippen molar-refractivity contribution in [3.63, 3.8) is 0 Å². The minimum Gasteiger partial charge on any atom is -0.462 e. The second kappa shape index (κ2) is 7.25. The van der Waals surface area contributed by atoms with Gasteiger partial charge in [-0.25, -0.2) is 0 Å². The van der Waals surface area contributed by atoms with Crippen LogP contribution in [0.15, 0.2) is 22.1 Å². The summed E-state index contributed by atoms with van der Waals surface area (Å²) in [5.74, 6) is 1.97. The largest absolute Gasteiger partial charge is 0.462 e. The molecule has 0 unspecified atom stereocenters. The Bertz CT molecular complexity index is 328. The molecule has 90 valence electrons. The summed E-state index contributed by atoms with van der Waals surface area (Å²) in [5, 5.41) is 3.29. The van der Waals surface area contributed by atoms with E-state index in [1.807, 2.05) is 12.1 Å². The van der Waals surface area contributed by atoms with Crippen molar-refractivity contribution in [2.45, 2.75) is 20.3 Å². The van der Waals surface area contributed by atoms with E-state index in [0.29, 0.717) is 0 Å². The van der Waals surface area contributed by atoms with Gasteiger partial charge in [-0.3, -0.25) is 0 Å². The van der Waals surface area contributed by atoms with Crippen molar-refractivity contribution < 1.29 is 9.15 Å². The highest BCUT2D eigenvalue weighted by atomic mass is 16.5. The number of aryl methyl sites for hydroxylation is 1. The quantitative estimate of drug-likeness (QED) is 0.721. The van der Waals surface area contributed by atoms with E-state index in [-0.39, 0.29) is 0 Å². The Labute approximate surface area is 97.5 Å². The lowest BCUT2D eigenvalue weighted by Gasteiger charge is -2.03. The summed E-state index contributed by atoms with van der Waals surface area (Å²) in [6.45, 7) is 6.67. The van der Waals surface area contributed by atoms with E-state index < -0.39 is 0 Å². The predicted molar refractivity (Wildman–Crippen MR) is 66.5 cm³/mol. The van der Waals surface area contributed by atoms with Crippen LogP contribution in [0.3, 0.4) is 0 Å². The van der Waals surface area contributed by atoms with Crippen molar-refractivity contribution in [2.75, 3.05) is 26.8 Å². The van der Waals surface area contributed by atoms with Gasteiger partial charge >= 0.3 is 0 Å². The van der Waals surface area contributed by atoms with Crippen LogP contribution in [0, 0.1) is 0 Å². The minimum atomic E-state index is 0.744. The lowest BCUT2D eigenvalue weighted by atomic mass is 10.2. The van der Waals surface area contributed by atoms with Gasteiger partial charge in [0.1, 0.15) is 11.5 Å². The Morgan fingerprint density at radius 2 is 2.31 bits per heavy atom. The molecule has 1 aromatic rings. The molecule has 0 saturated carbocycles. The zero-order valence-corrected chi connectivity index (χ0v) is 10.4. The first-order chi connectivity index (χ1) is 7.76. The third-order valence-electron chi connectivity index (χ3n) is 2.31. The third-order valence-corrected chi connectivity index (χ3v) is 2.31. The lowest BCUT2D eigenvalue weighted by molar-refractivity contribution is 0.200. The van der Waals surface area contributed by atoms with Gasteiger partial charge in [0.15, 0.2) is 0 Å². The topological polar surface area (TPSA) is 34.4 Å². The fraction of sp³-hybridized carbons (Fsp3) is 0.538. The van der Waals surface area contributed by atoms with Crippen molar-refractivity contribution in [1.82, 2.24) is 5.32 Å². The van der Waals surface area contributed by atoms with Crippen molar-refractivity contribution in [3.05, 3.63) is 29.2 Å². The van der Waals surface area contributed by atoms with E-state index in [1.54, 1.807) is 7.11 Å². The Kier molecular flexibility index (Phi) is 5.90. The summed E-state index contributed by atoms with van der Waals surface area (Å²) in [6, 6.07) is 4.04. The lowest BCUT2D eigenvalue weighted by Crippen LogP contribution is -2.20. The van der Waals surface area contributed by atoms with E-state index in [9.17, 15) is 0 Å². The van der Waals surface area contributed by atoms with Crippen molar-refractivity contribution in [1.29, 1.82) is 0 Å². The summed E-state index contributed by atoms with van der Waals surface area (Å²) in [5.41, 5.74) is 1.26. The Balaban J connectivity index is 2.37. The van der Waals surface area contributed by atoms with Gasteiger partial charge in [0.05, 0.1) is 6.61 Å². The van der Waals surface area contributed by atoms with Crippen LogP contribution >= 0.6 is 0 Å². The molecule has 0 saturated heterocycles. The number of hydrogen-bond acceptors (Lipinski definition) is 3. The van der Waals surface area contributed by atoms with E-state index in [2.05, 4.69) is 25.2 Å². The van der Waals surface area contributed by atoms with Gasteiger partial charge in [0.2, 0.25) is 0 Å². The molecule has 3 nitrogen and oxygen atoms in total. The van der Waals surface area contributed by atoms with Gasteiger partial charge in [0, 0.05) is 26.6 Å². The van der Waals surface area contributed by atoms with Crippen LogP contribution in [0.1, 0.15) is 25.4 Å². The molecule has 0 radical (unpaired) electrons. The molecular formula is C13H21NO2. The molecule has 0 aliphatic rings. The smallest absolute Gasteiger partial charge is 0.127 e. The minimum absolute atomic E-state index is 0.744. The zero-order valence-electron chi connectivity index (χ0n) is 10.4. The molecule has 0 spiro atoms. The molecule has 0 aliphatic heterocycles. The second-order valence-corrected chi connectivity index (χ2v) is 3.82. The fourth-order valence-corrected chi connectivity index (χ4v) is 1.42. The maximum atomic E-state index is 5.60. The van der Waals surface area contributed by atoms with E-state index >= 15 is 0 Å². The van der Waals surface area contributed by atoms with Crippen LogP contribution in [0.4, 0.5) is 0 Å². The molecule has 0 atom stereocenters.